The highest BCUT2D eigenvalue weighted by Crippen LogP contribution is 2.30. The van der Waals surface area contributed by atoms with Crippen LogP contribution < -0.4 is 5.32 Å². The molecule has 2 atom stereocenters. The van der Waals surface area contributed by atoms with Crippen molar-refractivity contribution in [3.05, 3.63) is 53.9 Å². The maximum absolute atomic E-state index is 13.8. The minimum absolute atomic E-state index is 0.0614. The monoisotopic (exact) mass is 384 g/mol. The number of nitrogens with zero attached hydrogens (tertiary/aromatic N) is 3. The van der Waals surface area contributed by atoms with Crippen molar-refractivity contribution in [2.75, 3.05) is 6.54 Å². The van der Waals surface area contributed by atoms with Gasteiger partial charge in [-0.2, -0.15) is 0 Å². The first-order chi connectivity index (χ1) is 13.5. The maximum atomic E-state index is 13.8. The molecule has 7 heteroatoms. The highest BCUT2D eigenvalue weighted by molar-refractivity contribution is 5.89. The van der Waals surface area contributed by atoms with Crippen LogP contribution >= 0.6 is 0 Å². The molecule has 1 aliphatic carbocycles. The number of hydrogen-bond donors (Lipinski definition) is 1. The Labute approximate surface area is 163 Å². The van der Waals surface area contributed by atoms with Gasteiger partial charge in [0, 0.05) is 38.4 Å². The third-order valence-electron chi connectivity index (χ3n) is 5.88. The molecule has 0 unspecified atom stereocenters. The lowest BCUT2D eigenvalue weighted by Gasteiger charge is -2.24. The zero-order valence-corrected chi connectivity index (χ0v) is 16.0. The van der Waals surface area contributed by atoms with E-state index in [2.05, 4.69) is 10.3 Å². The van der Waals surface area contributed by atoms with Crippen LogP contribution in [-0.4, -0.2) is 38.9 Å². The number of carbonyl (C=O) groups excluding carboxylic acids is 2. The van der Waals surface area contributed by atoms with Crippen LogP contribution in [-0.2, 0) is 16.6 Å². The van der Waals surface area contributed by atoms with Crippen LogP contribution in [0.15, 0.2) is 36.7 Å². The van der Waals surface area contributed by atoms with Gasteiger partial charge in [0.2, 0.25) is 11.8 Å². The smallest absolute Gasteiger partial charge is 0.226 e. The highest BCUT2D eigenvalue weighted by atomic mass is 19.1. The van der Waals surface area contributed by atoms with Crippen molar-refractivity contribution >= 4 is 11.8 Å². The number of amides is 2. The molecule has 4 rings (SSSR count). The van der Waals surface area contributed by atoms with E-state index in [1.54, 1.807) is 29.1 Å². The molecule has 148 valence electrons. The zero-order chi connectivity index (χ0) is 19.7. The predicted molar refractivity (Wildman–Crippen MR) is 102 cm³/mol. The summed E-state index contributed by atoms with van der Waals surface area (Å²) >= 11 is 0. The Kier molecular flexibility index (Phi) is 5.15. The number of aryl methyl sites for hydroxylation is 1. The molecule has 2 fully saturated rings. The molecule has 1 aliphatic heterocycles. The van der Waals surface area contributed by atoms with Gasteiger partial charge < -0.3 is 14.8 Å². The van der Waals surface area contributed by atoms with Gasteiger partial charge in [-0.3, -0.25) is 9.59 Å². The summed E-state index contributed by atoms with van der Waals surface area (Å²) in [5.41, 5.74) is 0.625. The van der Waals surface area contributed by atoms with Gasteiger partial charge in [-0.05, 0) is 30.5 Å². The average Bonchev–Trinajstić information content (AvgIpc) is 3.40. The van der Waals surface area contributed by atoms with Crippen molar-refractivity contribution in [3.63, 3.8) is 0 Å². The summed E-state index contributed by atoms with van der Waals surface area (Å²) in [6, 6.07) is 5.87. The molecule has 2 heterocycles. The summed E-state index contributed by atoms with van der Waals surface area (Å²) in [4.78, 5) is 31.7. The lowest BCUT2D eigenvalue weighted by atomic mass is 10.0. The molecular formula is C21H25FN4O2. The molecule has 0 spiro atoms. The minimum atomic E-state index is -0.571. The molecular weight excluding hydrogens is 359 g/mol. The van der Waals surface area contributed by atoms with Gasteiger partial charge in [0.15, 0.2) is 0 Å². The Hall–Kier alpha value is -2.70. The number of carbonyl (C=O) groups is 2. The van der Waals surface area contributed by atoms with E-state index in [-0.39, 0.29) is 36.0 Å². The van der Waals surface area contributed by atoms with Crippen molar-refractivity contribution < 1.29 is 14.0 Å². The van der Waals surface area contributed by atoms with E-state index in [9.17, 15) is 14.0 Å². The molecule has 1 aromatic heterocycles. The van der Waals surface area contributed by atoms with E-state index in [4.69, 9.17) is 0 Å². The lowest BCUT2D eigenvalue weighted by Crippen LogP contribution is -2.38. The number of rotatable bonds is 5. The number of likely N-dealkylation sites (tertiary alicyclic amines) is 1. The number of aromatic nitrogens is 2. The van der Waals surface area contributed by atoms with Crippen LogP contribution in [0.25, 0.3) is 0 Å². The van der Waals surface area contributed by atoms with Crippen LogP contribution in [0.2, 0.25) is 0 Å². The van der Waals surface area contributed by atoms with Crippen molar-refractivity contribution in [1.29, 1.82) is 0 Å². The number of hydrogen-bond acceptors (Lipinski definition) is 3. The molecule has 2 aliphatic rings. The van der Waals surface area contributed by atoms with Crippen molar-refractivity contribution in [1.82, 2.24) is 19.8 Å². The van der Waals surface area contributed by atoms with Crippen molar-refractivity contribution in [2.24, 2.45) is 13.0 Å². The second kappa shape index (κ2) is 7.73. The molecule has 2 aromatic rings. The Balaban J connectivity index is 1.53. The number of nitrogens with one attached hydrogen (secondary N) is 1. The third-order valence-corrected chi connectivity index (χ3v) is 5.88. The molecule has 0 bridgehead atoms. The van der Waals surface area contributed by atoms with Crippen LogP contribution in [0, 0.1) is 11.7 Å². The molecule has 28 heavy (non-hydrogen) atoms. The largest absolute Gasteiger partial charge is 0.342 e. The standard InChI is InChI=1S/C21H25FN4O2/c1-25-10-9-23-20(25)19(14-5-4-6-16(22)11-14)24-21(28)15-12-18(27)26(13-15)17-7-2-3-8-17/h4-6,9-11,15,17,19H,2-3,7-8,12-13H2,1H3,(H,24,28)/t15-,19-/m0/s1. The Morgan fingerprint density at radius 2 is 2.11 bits per heavy atom. The molecule has 1 saturated heterocycles. The van der Waals surface area contributed by atoms with Crippen molar-refractivity contribution in [3.8, 4) is 0 Å². The molecule has 2 amide bonds. The summed E-state index contributed by atoms with van der Waals surface area (Å²) in [6.45, 7) is 0.464. The third kappa shape index (κ3) is 3.66. The van der Waals surface area contributed by atoms with E-state index in [0.717, 1.165) is 25.7 Å². The summed E-state index contributed by atoms with van der Waals surface area (Å²) in [5.74, 6) is -0.257. The van der Waals surface area contributed by atoms with Crippen LogP contribution in [0.3, 0.4) is 0 Å². The zero-order valence-electron chi connectivity index (χ0n) is 16.0. The SMILES string of the molecule is Cn1ccnc1[C@@H](NC(=O)[C@H]1CC(=O)N(C2CCCC2)C1)c1cccc(F)c1. The lowest BCUT2D eigenvalue weighted by molar-refractivity contribution is -0.130. The molecule has 6 nitrogen and oxygen atoms in total. The number of halogens is 1. The number of benzene rings is 1. The van der Waals surface area contributed by atoms with Gasteiger partial charge in [0.25, 0.3) is 0 Å². The van der Waals surface area contributed by atoms with Gasteiger partial charge in [-0.15, -0.1) is 0 Å². The second-order valence-corrected chi connectivity index (χ2v) is 7.78. The van der Waals surface area contributed by atoms with Gasteiger partial charge in [0.05, 0.1) is 5.92 Å². The fourth-order valence-corrected chi connectivity index (χ4v) is 4.37. The predicted octanol–water partition coefficient (Wildman–Crippen LogP) is 2.56. The average molecular weight is 384 g/mol. The quantitative estimate of drug-likeness (QED) is 0.862. The Morgan fingerprint density at radius 3 is 2.79 bits per heavy atom. The summed E-state index contributed by atoms with van der Waals surface area (Å²) in [7, 11) is 1.84. The fraction of sp³-hybridized carbons (Fsp3) is 0.476. The highest BCUT2D eigenvalue weighted by Gasteiger charge is 2.39. The van der Waals surface area contributed by atoms with E-state index < -0.39 is 6.04 Å². The molecule has 1 aromatic carbocycles. The first kappa shape index (κ1) is 18.7. The van der Waals surface area contributed by atoms with Gasteiger partial charge >= 0.3 is 0 Å². The Bertz CT molecular complexity index is 875. The molecule has 1 saturated carbocycles. The summed E-state index contributed by atoms with van der Waals surface area (Å²) in [5, 5.41) is 3.01. The second-order valence-electron chi connectivity index (χ2n) is 7.78. The van der Waals surface area contributed by atoms with E-state index in [0.29, 0.717) is 17.9 Å². The van der Waals surface area contributed by atoms with Gasteiger partial charge in [0.1, 0.15) is 17.7 Å². The topological polar surface area (TPSA) is 67.2 Å². The normalized spacial score (nSPS) is 21.3. The minimum Gasteiger partial charge on any atom is -0.342 e. The molecule has 1 N–H and O–H groups in total. The van der Waals surface area contributed by atoms with E-state index >= 15 is 0 Å². The fourth-order valence-electron chi connectivity index (χ4n) is 4.37. The van der Waals surface area contributed by atoms with Crippen LogP contribution in [0.5, 0.6) is 0 Å². The molecule has 0 radical (unpaired) electrons. The summed E-state index contributed by atoms with van der Waals surface area (Å²) < 4.78 is 15.6. The number of imidazole rings is 1. The van der Waals surface area contributed by atoms with Gasteiger partial charge in [-0.25, -0.2) is 9.37 Å². The van der Waals surface area contributed by atoms with Gasteiger partial charge in [-0.1, -0.05) is 25.0 Å². The summed E-state index contributed by atoms with van der Waals surface area (Å²) in [6.07, 6.45) is 8.01. The van der Waals surface area contributed by atoms with E-state index in [1.807, 2.05) is 11.9 Å². The Morgan fingerprint density at radius 1 is 1.32 bits per heavy atom. The van der Waals surface area contributed by atoms with Crippen molar-refractivity contribution in [2.45, 2.75) is 44.2 Å². The first-order valence-corrected chi connectivity index (χ1v) is 9.85. The van der Waals surface area contributed by atoms with Crippen LogP contribution in [0.1, 0.15) is 49.5 Å². The van der Waals surface area contributed by atoms with Crippen LogP contribution in [0.4, 0.5) is 4.39 Å². The first-order valence-electron chi connectivity index (χ1n) is 9.85. The van der Waals surface area contributed by atoms with E-state index in [1.165, 1.54) is 12.1 Å². The maximum Gasteiger partial charge on any atom is 0.226 e.